The molecule has 2 aromatic rings. The van der Waals surface area contributed by atoms with Crippen LogP contribution >= 0.6 is 11.8 Å². The summed E-state index contributed by atoms with van der Waals surface area (Å²) in [6.07, 6.45) is 0. The normalized spacial score (nSPS) is 10.0. The number of thioether (sulfide) groups is 1. The van der Waals surface area contributed by atoms with Gasteiger partial charge in [-0.2, -0.15) is 0 Å². The summed E-state index contributed by atoms with van der Waals surface area (Å²) >= 11 is 1.38. The first-order valence-corrected chi connectivity index (χ1v) is 8.00. The van der Waals surface area contributed by atoms with Gasteiger partial charge in [-0.3, -0.25) is 4.79 Å². The Morgan fingerprint density at radius 2 is 1.48 bits per heavy atom. The van der Waals surface area contributed by atoms with Crippen molar-refractivity contribution in [1.29, 1.82) is 0 Å². The summed E-state index contributed by atoms with van der Waals surface area (Å²) in [6.45, 7) is 1.99. The first kappa shape index (κ1) is 16.9. The van der Waals surface area contributed by atoms with E-state index in [0.29, 0.717) is 5.69 Å². The molecule has 0 radical (unpaired) electrons. The largest absolute Gasteiger partial charge is 0.468 e. The van der Waals surface area contributed by atoms with Gasteiger partial charge in [0.05, 0.1) is 12.9 Å². The quantitative estimate of drug-likeness (QED) is 0.644. The van der Waals surface area contributed by atoms with Crippen LogP contribution in [0, 0.1) is 6.92 Å². The zero-order valence-electron chi connectivity index (χ0n) is 13.0. The van der Waals surface area contributed by atoms with Crippen LogP contribution in [0.15, 0.2) is 53.4 Å². The van der Waals surface area contributed by atoms with E-state index in [1.165, 1.54) is 18.9 Å². The van der Waals surface area contributed by atoms with Gasteiger partial charge in [-0.05, 0) is 43.3 Å². The molecule has 0 aliphatic carbocycles. The standard InChI is InChI=1S/C17H18N2O3S/c1-12-3-5-13(6-4-12)18-17(21)19-14-7-9-15(10-8-14)23-11-16(20)22-2/h3-10H,11H2,1-2H3,(H2,18,19,21). The second kappa shape index (κ2) is 8.24. The Morgan fingerprint density at radius 3 is 2.00 bits per heavy atom. The number of urea groups is 1. The highest BCUT2D eigenvalue weighted by Gasteiger charge is 2.04. The van der Waals surface area contributed by atoms with Gasteiger partial charge in [-0.25, -0.2) is 4.79 Å². The van der Waals surface area contributed by atoms with Crippen LogP contribution in [0.25, 0.3) is 0 Å². The minimum Gasteiger partial charge on any atom is -0.468 e. The minimum atomic E-state index is -0.302. The van der Waals surface area contributed by atoms with Crippen LogP contribution in [0.1, 0.15) is 5.56 Å². The Bertz CT molecular complexity index is 669. The molecule has 2 aromatic carbocycles. The molecule has 0 unspecified atom stereocenters. The number of aryl methyl sites for hydroxylation is 1. The average Bonchev–Trinajstić information content (AvgIpc) is 2.56. The van der Waals surface area contributed by atoms with E-state index in [9.17, 15) is 9.59 Å². The molecule has 2 amide bonds. The summed E-state index contributed by atoms with van der Waals surface area (Å²) in [6, 6.07) is 14.5. The third-order valence-corrected chi connectivity index (χ3v) is 3.99. The van der Waals surface area contributed by atoms with E-state index >= 15 is 0 Å². The van der Waals surface area contributed by atoms with Gasteiger partial charge in [0.1, 0.15) is 0 Å². The lowest BCUT2D eigenvalue weighted by Crippen LogP contribution is -2.19. The predicted molar refractivity (Wildman–Crippen MR) is 93.0 cm³/mol. The van der Waals surface area contributed by atoms with Crippen molar-refractivity contribution in [3.05, 3.63) is 54.1 Å². The molecule has 0 fully saturated rings. The van der Waals surface area contributed by atoms with Gasteiger partial charge < -0.3 is 15.4 Å². The lowest BCUT2D eigenvalue weighted by molar-refractivity contribution is -0.137. The maximum Gasteiger partial charge on any atom is 0.323 e. The van der Waals surface area contributed by atoms with Gasteiger partial charge in [-0.15, -0.1) is 11.8 Å². The molecule has 0 aliphatic heterocycles. The third-order valence-electron chi connectivity index (χ3n) is 3.01. The smallest absolute Gasteiger partial charge is 0.323 e. The van der Waals surface area contributed by atoms with E-state index in [4.69, 9.17) is 0 Å². The van der Waals surface area contributed by atoms with Crippen LogP contribution < -0.4 is 10.6 Å². The number of anilines is 2. The molecular weight excluding hydrogens is 312 g/mol. The number of hydrogen-bond acceptors (Lipinski definition) is 4. The number of ether oxygens (including phenoxy) is 1. The fourth-order valence-electron chi connectivity index (χ4n) is 1.77. The van der Waals surface area contributed by atoms with Crippen LogP contribution in [0.3, 0.4) is 0 Å². The number of carbonyl (C=O) groups is 2. The highest BCUT2D eigenvalue weighted by atomic mass is 32.2. The van der Waals surface area contributed by atoms with E-state index in [-0.39, 0.29) is 17.8 Å². The van der Waals surface area contributed by atoms with Crippen molar-refractivity contribution < 1.29 is 14.3 Å². The molecule has 0 bridgehead atoms. The Kier molecular flexibility index (Phi) is 6.05. The molecule has 23 heavy (non-hydrogen) atoms. The fraction of sp³-hybridized carbons (Fsp3) is 0.176. The first-order chi connectivity index (χ1) is 11.1. The van der Waals surface area contributed by atoms with E-state index in [0.717, 1.165) is 16.1 Å². The summed E-state index contributed by atoms with van der Waals surface area (Å²) in [5.74, 6) is -0.00772. The van der Waals surface area contributed by atoms with E-state index in [2.05, 4.69) is 15.4 Å². The van der Waals surface area contributed by atoms with Crippen LogP contribution in [0.5, 0.6) is 0 Å². The summed E-state index contributed by atoms with van der Waals surface area (Å²) in [4.78, 5) is 23.9. The molecule has 0 atom stereocenters. The number of methoxy groups -OCH3 is 1. The third kappa shape index (κ3) is 5.67. The number of rotatable bonds is 5. The summed E-state index contributed by atoms with van der Waals surface area (Å²) in [5, 5.41) is 5.52. The average molecular weight is 330 g/mol. The molecule has 0 aromatic heterocycles. The Labute approximate surface area is 139 Å². The van der Waals surface area contributed by atoms with Gasteiger partial charge in [0.25, 0.3) is 0 Å². The molecular formula is C17H18N2O3S. The minimum absolute atomic E-state index is 0.261. The number of carbonyl (C=O) groups excluding carboxylic acids is 2. The molecule has 6 heteroatoms. The number of amides is 2. The Morgan fingerprint density at radius 1 is 0.957 bits per heavy atom. The van der Waals surface area contributed by atoms with Gasteiger partial charge in [0.2, 0.25) is 0 Å². The van der Waals surface area contributed by atoms with Crippen LogP contribution in [-0.2, 0) is 9.53 Å². The summed E-state index contributed by atoms with van der Waals surface area (Å²) in [7, 11) is 1.36. The zero-order valence-corrected chi connectivity index (χ0v) is 13.8. The lowest BCUT2D eigenvalue weighted by Gasteiger charge is -2.08. The first-order valence-electron chi connectivity index (χ1n) is 7.01. The number of esters is 1. The molecule has 5 nitrogen and oxygen atoms in total. The highest BCUT2D eigenvalue weighted by molar-refractivity contribution is 8.00. The van der Waals surface area contributed by atoms with Crippen molar-refractivity contribution in [3.63, 3.8) is 0 Å². The topological polar surface area (TPSA) is 67.4 Å². The molecule has 0 spiro atoms. The molecule has 0 saturated carbocycles. The summed E-state index contributed by atoms with van der Waals surface area (Å²) < 4.78 is 4.59. The molecule has 0 saturated heterocycles. The molecule has 0 heterocycles. The maximum atomic E-state index is 11.9. The highest BCUT2D eigenvalue weighted by Crippen LogP contribution is 2.20. The van der Waals surface area contributed by atoms with Crippen molar-refractivity contribution in [2.45, 2.75) is 11.8 Å². The van der Waals surface area contributed by atoms with Gasteiger partial charge >= 0.3 is 12.0 Å². The Hall–Kier alpha value is -2.47. The fourth-order valence-corrected chi connectivity index (χ4v) is 2.50. The molecule has 120 valence electrons. The van der Waals surface area contributed by atoms with Crippen molar-refractivity contribution in [2.75, 3.05) is 23.5 Å². The van der Waals surface area contributed by atoms with Crippen LogP contribution in [0.4, 0.5) is 16.2 Å². The monoisotopic (exact) mass is 330 g/mol. The van der Waals surface area contributed by atoms with Gasteiger partial charge in [0.15, 0.2) is 0 Å². The Balaban J connectivity index is 1.86. The van der Waals surface area contributed by atoms with Gasteiger partial charge in [0, 0.05) is 16.3 Å². The van der Waals surface area contributed by atoms with Crippen molar-refractivity contribution in [2.24, 2.45) is 0 Å². The number of hydrogen-bond donors (Lipinski definition) is 2. The van der Waals surface area contributed by atoms with Crippen molar-refractivity contribution >= 4 is 35.1 Å². The number of nitrogens with one attached hydrogen (secondary N) is 2. The number of benzene rings is 2. The zero-order chi connectivity index (χ0) is 16.7. The van der Waals surface area contributed by atoms with Gasteiger partial charge in [-0.1, -0.05) is 17.7 Å². The lowest BCUT2D eigenvalue weighted by atomic mass is 10.2. The summed E-state index contributed by atoms with van der Waals surface area (Å²) in [5.41, 5.74) is 2.55. The van der Waals surface area contributed by atoms with E-state index < -0.39 is 0 Å². The van der Waals surface area contributed by atoms with E-state index in [1.54, 1.807) is 12.1 Å². The molecule has 2 N–H and O–H groups in total. The predicted octanol–water partition coefficient (Wildman–Crippen LogP) is 3.90. The molecule has 0 aliphatic rings. The van der Waals surface area contributed by atoms with Crippen molar-refractivity contribution in [3.8, 4) is 0 Å². The van der Waals surface area contributed by atoms with Crippen LogP contribution in [-0.4, -0.2) is 24.9 Å². The second-order valence-electron chi connectivity index (χ2n) is 4.83. The maximum absolute atomic E-state index is 11.9. The van der Waals surface area contributed by atoms with Crippen LogP contribution in [0.2, 0.25) is 0 Å². The van der Waals surface area contributed by atoms with E-state index in [1.807, 2.05) is 43.3 Å². The second-order valence-corrected chi connectivity index (χ2v) is 5.88. The van der Waals surface area contributed by atoms with Crippen molar-refractivity contribution in [1.82, 2.24) is 0 Å². The SMILES string of the molecule is COC(=O)CSc1ccc(NC(=O)Nc2ccc(C)cc2)cc1. The molecule has 2 rings (SSSR count).